The summed E-state index contributed by atoms with van der Waals surface area (Å²) in [4.78, 5) is 41.2. The maximum atomic E-state index is 14.6. The molecule has 1 aliphatic carbocycles. The van der Waals surface area contributed by atoms with Gasteiger partial charge >= 0.3 is 0 Å². The van der Waals surface area contributed by atoms with Crippen molar-refractivity contribution >= 4 is 17.7 Å². The van der Waals surface area contributed by atoms with Crippen molar-refractivity contribution in [1.82, 2.24) is 20.4 Å². The summed E-state index contributed by atoms with van der Waals surface area (Å²) in [5.41, 5.74) is 2.17. The largest absolute Gasteiger partial charge is 0.322 e. The number of rotatable bonds is 13. The summed E-state index contributed by atoms with van der Waals surface area (Å²) in [5.74, 6) is -1.21. The predicted molar refractivity (Wildman–Crippen MR) is 158 cm³/mol. The predicted octanol–water partition coefficient (Wildman–Crippen LogP) is 5.42. The Hall–Kier alpha value is -2.32. The van der Waals surface area contributed by atoms with Crippen molar-refractivity contribution in [3.05, 3.63) is 34.6 Å². The number of benzene rings is 1. The number of nitrogens with one attached hydrogen (secondary N) is 2. The number of piperidine rings is 2. The van der Waals surface area contributed by atoms with Crippen LogP contribution in [0.1, 0.15) is 130 Å². The lowest BCUT2D eigenvalue weighted by Gasteiger charge is -2.33. The summed E-state index contributed by atoms with van der Waals surface area (Å²) in [6, 6.07) is 3.03. The highest BCUT2D eigenvalue weighted by atomic mass is 19.1. The van der Waals surface area contributed by atoms with Gasteiger partial charge < -0.3 is 15.1 Å². The Morgan fingerprint density at radius 1 is 0.854 bits per heavy atom. The van der Waals surface area contributed by atoms with E-state index in [1.165, 1.54) is 94.6 Å². The zero-order chi connectivity index (χ0) is 28.6. The first-order chi connectivity index (χ1) is 20.0. The number of nitrogens with zero attached hydrogens (tertiary/aromatic N) is 2. The number of unbranched alkanes of at least 4 members (excludes halogenated alkanes) is 6. The van der Waals surface area contributed by atoms with Crippen LogP contribution in [0.4, 0.5) is 4.39 Å². The van der Waals surface area contributed by atoms with Gasteiger partial charge in [0.05, 0.1) is 0 Å². The van der Waals surface area contributed by atoms with E-state index in [-0.39, 0.29) is 30.0 Å². The summed E-state index contributed by atoms with van der Waals surface area (Å²) < 4.78 is 14.6. The molecule has 0 aromatic heterocycles. The first-order valence-electron chi connectivity index (χ1n) is 16.4. The number of likely N-dealkylation sites (tertiary alicyclic amines) is 1. The number of amides is 3. The Morgan fingerprint density at radius 3 is 2.29 bits per heavy atom. The van der Waals surface area contributed by atoms with E-state index in [9.17, 15) is 18.8 Å². The summed E-state index contributed by atoms with van der Waals surface area (Å²) >= 11 is 0. The summed E-state index contributed by atoms with van der Waals surface area (Å²) in [7, 11) is 0. The fraction of sp³-hybridized carbons (Fsp3) is 0.727. The van der Waals surface area contributed by atoms with Crippen molar-refractivity contribution in [2.75, 3.05) is 26.2 Å². The van der Waals surface area contributed by atoms with E-state index in [0.29, 0.717) is 18.5 Å². The topological polar surface area (TPSA) is 81.8 Å². The molecule has 41 heavy (non-hydrogen) atoms. The second-order valence-corrected chi connectivity index (χ2v) is 12.8. The van der Waals surface area contributed by atoms with E-state index in [1.807, 2.05) is 0 Å². The number of fused-ring (bicyclic) bond motifs is 1. The van der Waals surface area contributed by atoms with Crippen LogP contribution in [0.5, 0.6) is 0 Å². The lowest BCUT2D eigenvalue weighted by molar-refractivity contribution is -0.136. The van der Waals surface area contributed by atoms with Gasteiger partial charge in [0.1, 0.15) is 11.9 Å². The third kappa shape index (κ3) is 7.95. The molecule has 2 N–H and O–H groups in total. The first-order valence-corrected chi connectivity index (χ1v) is 16.4. The highest BCUT2D eigenvalue weighted by molar-refractivity contribution is 6.05. The van der Waals surface area contributed by atoms with Crippen molar-refractivity contribution in [3.8, 4) is 0 Å². The average molecular weight is 569 g/mol. The molecule has 3 amide bonds. The molecule has 1 atom stereocenters. The molecular weight excluding hydrogens is 519 g/mol. The van der Waals surface area contributed by atoms with Crippen molar-refractivity contribution in [1.29, 1.82) is 0 Å². The average Bonchev–Trinajstić information content (AvgIpc) is 3.30. The summed E-state index contributed by atoms with van der Waals surface area (Å²) in [6.45, 7) is 4.62. The zero-order valence-corrected chi connectivity index (χ0v) is 24.7. The lowest BCUT2D eigenvalue weighted by Crippen LogP contribution is -2.52. The number of imide groups is 1. The summed E-state index contributed by atoms with van der Waals surface area (Å²) in [5, 5.41) is 6.09. The Morgan fingerprint density at radius 2 is 1.56 bits per heavy atom. The van der Waals surface area contributed by atoms with Crippen LogP contribution in [0.25, 0.3) is 0 Å². The van der Waals surface area contributed by atoms with Gasteiger partial charge in [0.2, 0.25) is 11.8 Å². The van der Waals surface area contributed by atoms with Crippen molar-refractivity contribution < 1.29 is 18.8 Å². The van der Waals surface area contributed by atoms with Gasteiger partial charge in [-0.2, -0.15) is 0 Å². The molecule has 1 unspecified atom stereocenters. The SMILES string of the molecule is O=C1CCC(N2Cc3c(cc(F)cc3C3CCN(CCCCCCCCCNC4CCCCC4)CC3)C2=O)C(=O)N1. The Bertz CT molecular complexity index is 1060. The molecule has 1 aromatic rings. The van der Waals surface area contributed by atoms with Crippen molar-refractivity contribution in [2.45, 2.75) is 127 Å². The molecule has 8 heteroatoms. The van der Waals surface area contributed by atoms with Gasteiger partial charge in [0.15, 0.2) is 0 Å². The van der Waals surface area contributed by atoms with Crippen LogP contribution < -0.4 is 10.6 Å². The molecule has 3 fully saturated rings. The second-order valence-electron chi connectivity index (χ2n) is 12.8. The number of halogens is 1. The maximum absolute atomic E-state index is 14.6. The highest BCUT2D eigenvalue weighted by Gasteiger charge is 2.41. The van der Waals surface area contributed by atoms with Crippen LogP contribution in [0, 0.1) is 5.82 Å². The smallest absolute Gasteiger partial charge is 0.255 e. The fourth-order valence-electron chi connectivity index (χ4n) is 7.44. The molecule has 5 rings (SSSR count). The molecule has 226 valence electrons. The molecule has 3 aliphatic heterocycles. The molecular formula is C33H49FN4O3. The van der Waals surface area contributed by atoms with Gasteiger partial charge in [-0.25, -0.2) is 4.39 Å². The zero-order valence-electron chi connectivity index (χ0n) is 24.7. The minimum Gasteiger partial charge on any atom is -0.322 e. The molecule has 2 saturated heterocycles. The van der Waals surface area contributed by atoms with Crippen LogP contribution in [-0.4, -0.2) is 65.8 Å². The van der Waals surface area contributed by atoms with Gasteiger partial charge in [0, 0.05) is 24.6 Å². The monoisotopic (exact) mass is 568 g/mol. The Kier molecular flexibility index (Phi) is 10.8. The van der Waals surface area contributed by atoms with Gasteiger partial charge in [-0.3, -0.25) is 19.7 Å². The number of carbonyl (C=O) groups excluding carboxylic acids is 3. The van der Waals surface area contributed by atoms with Gasteiger partial charge in [0.25, 0.3) is 5.91 Å². The minimum absolute atomic E-state index is 0.217. The molecule has 0 bridgehead atoms. The van der Waals surface area contributed by atoms with Gasteiger partial charge in [-0.15, -0.1) is 0 Å². The number of hydrogen-bond donors (Lipinski definition) is 2. The quantitative estimate of drug-likeness (QED) is 0.245. The molecule has 3 heterocycles. The highest BCUT2D eigenvalue weighted by Crippen LogP contribution is 2.37. The van der Waals surface area contributed by atoms with Gasteiger partial charge in [-0.05, 0) is 100 Å². The molecule has 4 aliphatic rings. The van der Waals surface area contributed by atoms with E-state index >= 15 is 0 Å². The minimum atomic E-state index is -0.673. The number of carbonyl (C=O) groups is 3. The maximum Gasteiger partial charge on any atom is 0.255 e. The van der Waals surface area contributed by atoms with Crippen molar-refractivity contribution in [3.63, 3.8) is 0 Å². The normalized spacial score (nSPS) is 22.8. The Balaban J connectivity index is 0.991. The van der Waals surface area contributed by atoms with E-state index in [4.69, 9.17) is 0 Å². The molecule has 7 nitrogen and oxygen atoms in total. The van der Waals surface area contributed by atoms with E-state index in [2.05, 4.69) is 15.5 Å². The van der Waals surface area contributed by atoms with Crippen LogP contribution >= 0.6 is 0 Å². The van der Waals surface area contributed by atoms with Crippen LogP contribution in [-0.2, 0) is 16.1 Å². The fourth-order valence-corrected chi connectivity index (χ4v) is 7.44. The van der Waals surface area contributed by atoms with Crippen molar-refractivity contribution in [2.24, 2.45) is 0 Å². The van der Waals surface area contributed by atoms with Crippen LogP contribution in [0.2, 0.25) is 0 Å². The van der Waals surface area contributed by atoms with Gasteiger partial charge in [-0.1, -0.05) is 51.4 Å². The third-order valence-corrected chi connectivity index (χ3v) is 9.87. The molecule has 1 saturated carbocycles. The van der Waals surface area contributed by atoms with E-state index in [0.717, 1.165) is 49.6 Å². The molecule has 0 spiro atoms. The van der Waals surface area contributed by atoms with Crippen LogP contribution in [0.3, 0.4) is 0 Å². The standard InChI is InChI=1S/C33H49FN4O3/c34-25-21-27(29-23-38(33(41)28(29)22-25)30-13-14-31(39)36-32(30)40)24-15-19-37(20-16-24)18-10-5-3-1-2-4-9-17-35-26-11-7-6-8-12-26/h21-22,24,26,30,35H,1-20,23H2,(H,36,39,40). The summed E-state index contributed by atoms with van der Waals surface area (Å²) in [6.07, 6.45) is 18.6. The van der Waals surface area contributed by atoms with Crippen LogP contribution in [0.15, 0.2) is 12.1 Å². The Labute approximate surface area is 245 Å². The molecule has 0 radical (unpaired) electrons. The first kappa shape index (κ1) is 30.1. The lowest BCUT2D eigenvalue weighted by atomic mass is 9.85. The second kappa shape index (κ2) is 14.7. The van der Waals surface area contributed by atoms with E-state index in [1.54, 1.807) is 6.07 Å². The number of hydrogen-bond acceptors (Lipinski definition) is 5. The molecule has 1 aromatic carbocycles. The third-order valence-electron chi connectivity index (χ3n) is 9.87. The van der Waals surface area contributed by atoms with E-state index < -0.39 is 11.9 Å².